The van der Waals surface area contributed by atoms with Gasteiger partial charge in [-0.2, -0.15) is 0 Å². The summed E-state index contributed by atoms with van der Waals surface area (Å²) in [6.07, 6.45) is 1.86. The number of hydrogen-bond donors (Lipinski definition) is 2. The average molecular weight is 384 g/mol. The third-order valence-electron chi connectivity index (χ3n) is 4.27. The van der Waals surface area contributed by atoms with Crippen LogP contribution in [0, 0.1) is 9.39 Å². The quantitative estimate of drug-likeness (QED) is 0.740. The van der Waals surface area contributed by atoms with E-state index in [1.807, 2.05) is 22.6 Å². The van der Waals surface area contributed by atoms with Gasteiger partial charge in [0.2, 0.25) is 5.82 Å². The monoisotopic (exact) mass is 384 g/mol. The highest BCUT2D eigenvalue weighted by Gasteiger charge is 2.40. The van der Waals surface area contributed by atoms with E-state index in [4.69, 9.17) is 5.11 Å². The second kappa shape index (κ2) is 4.03. The number of carbonyl (C=O) groups is 1. The van der Waals surface area contributed by atoms with E-state index in [9.17, 15) is 9.18 Å². The van der Waals surface area contributed by atoms with E-state index < -0.39 is 5.97 Å². The maximum atomic E-state index is 13.8. The van der Waals surface area contributed by atoms with Gasteiger partial charge in [0.05, 0.1) is 5.69 Å². The summed E-state index contributed by atoms with van der Waals surface area (Å²) in [5, 5.41) is 9.09. The van der Waals surface area contributed by atoms with E-state index in [0.717, 1.165) is 29.7 Å². The summed E-state index contributed by atoms with van der Waals surface area (Å²) in [4.78, 5) is 18.2. The molecule has 102 valence electrons. The fourth-order valence-corrected chi connectivity index (χ4v) is 3.67. The van der Waals surface area contributed by atoms with Crippen molar-refractivity contribution in [3.63, 3.8) is 0 Å². The Hall–Kier alpha value is -1.44. The Labute approximate surface area is 127 Å². The Morgan fingerprint density at radius 1 is 1.40 bits per heavy atom. The van der Waals surface area contributed by atoms with Crippen molar-refractivity contribution >= 4 is 28.6 Å². The van der Waals surface area contributed by atoms with Crippen LogP contribution in [0.3, 0.4) is 0 Å². The molecule has 1 fully saturated rings. The van der Waals surface area contributed by atoms with Crippen molar-refractivity contribution < 1.29 is 14.3 Å². The largest absolute Gasteiger partial charge is 0.475 e. The van der Waals surface area contributed by atoms with Gasteiger partial charge in [-0.25, -0.2) is 14.2 Å². The number of halogens is 2. The van der Waals surface area contributed by atoms with Gasteiger partial charge < -0.3 is 10.1 Å². The number of H-pyrrole nitrogens is 1. The molecule has 2 bridgehead atoms. The molecule has 20 heavy (non-hydrogen) atoms. The average Bonchev–Trinajstić information content (AvgIpc) is 2.68. The molecule has 3 aliphatic rings. The maximum Gasteiger partial charge on any atom is 0.371 e. The molecular weight excluding hydrogens is 374 g/mol. The molecule has 0 unspecified atom stereocenters. The molecule has 1 heterocycles. The smallest absolute Gasteiger partial charge is 0.371 e. The van der Waals surface area contributed by atoms with Gasteiger partial charge in [0, 0.05) is 20.7 Å². The maximum absolute atomic E-state index is 13.8. The number of carboxylic acid groups (broad SMARTS) is 1. The molecule has 4 nitrogen and oxygen atoms in total. The summed E-state index contributed by atoms with van der Waals surface area (Å²) in [6, 6.07) is 3.36. The molecule has 0 radical (unpaired) electrons. The van der Waals surface area contributed by atoms with Gasteiger partial charge >= 0.3 is 5.97 Å². The Morgan fingerprint density at radius 3 is 2.85 bits per heavy atom. The number of aromatic nitrogens is 2. The van der Waals surface area contributed by atoms with Crippen LogP contribution in [-0.4, -0.2) is 21.0 Å². The minimum absolute atomic E-state index is 0.0365. The molecule has 1 aromatic carbocycles. The normalized spacial score (nSPS) is 22.5. The van der Waals surface area contributed by atoms with Gasteiger partial charge in [0.15, 0.2) is 0 Å². The van der Waals surface area contributed by atoms with Crippen molar-refractivity contribution in [1.29, 1.82) is 0 Å². The number of hydrogen-bond acceptors (Lipinski definition) is 2. The van der Waals surface area contributed by atoms with Gasteiger partial charge in [0.1, 0.15) is 5.82 Å². The Kier molecular flexibility index (Phi) is 2.48. The number of aromatic carboxylic acids is 1. The minimum Gasteiger partial charge on any atom is -0.475 e. The SMILES string of the molecule is O=C(O)c1nc2c([nH]1)C1CC(C1)c1cc(F)c(I)cc1-2. The van der Waals surface area contributed by atoms with E-state index in [0.29, 0.717) is 21.1 Å². The van der Waals surface area contributed by atoms with Crippen LogP contribution in [0.1, 0.15) is 46.6 Å². The minimum atomic E-state index is -1.06. The van der Waals surface area contributed by atoms with E-state index in [1.54, 1.807) is 12.1 Å². The highest BCUT2D eigenvalue weighted by atomic mass is 127. The fraction of sp³-hybridized carbons (Fsp3) is 0.286. The number of benzene rings is 1. The van der Waals surface area contributed by atoms with Crippen molar-refractivity contribution in [2.45, 2.75) is 24.7 Å². The zero-order valence-corrected chi connectivity index (χ0v) is 12.4. The predicted octanol–water partition coefficient (Wildman–Crippen LogP) is 3.49. The van der Waals surface area contributed by atoms with Crippen LogP contribution in [0.25, 0.3) is 11.3 Å². The van der Waals surface area contributed by atoms with Crippen LogP contribution in [0.15, 0.2) is 12.1 Å². The van der Waals surface area contributed by atoms with Crippen molar-refractivity contribution in [2.75, 3.05) is 0 Å². The summed E-state index contributed by atoms with van der Waals surface area (Å²) in [5.41, 5.74) is 3.40. The lowest BCUT2D eigenvalue weighted by Crippen LogP contribution is -2.19. The standard InChI is InChI=1S/C14H10FIN2O2/c15-9-3-7-5-1-6(2-5)11-12(8(7)4-10(9)16)18-13(17-11)14(19)20/h3-6H,1-2H2,(H,17,18)(H,19,20). The number of nitrogens with one attached hydrogen (secondary N) is 1. The van der Waals surface area contributed by atoms with Crippen LogP contribution in [-0.2, 0) is 0 Å². The van der Waals surface area contributed by atoms with E-state index in [1.165, 1.54) is 0 Å². The molecule has 5 rings (SSSR count). The highest BCUT2D eigenvalue weighted by Crippen LogP contribution is 2.55. The molecule has 1 aromatic heterocycles. The molecule has 2 aromatic rings. The first-order valence-corrected chi connectivity index (χ1v) is 7.45. The molecular formula is C14H10FIN2O2. The van der Waals surface area contributed by atoms with Crippen LogP contribution < -0.4 is 0 Å². The summed E-state index contributed by atoms with van der Waals surface area (Å²) >= 11 is 1.95. The molecule has 0 atom stereocenters. The Morgan fingerprint density at radius 2 is 2.15 bits per heavy atom. The van der Waals surface area contributed by atoms with Crippen molar-refractivity contribution in [2.24, 2.45) is 0 Å². The summed E-state index contributed by atoms with van der Waals surface area (Å²) in [6.45, 7) is 0. The molecule has 1 saturated carbocycles. The zero-order valence-electron chi connectivity index (χ0n) is 10.3. The second-order valence-corrected chi connectivity index (χ2v) is 6.53. The van der Waals surface area contributed by atoms with Gasteiger partial charge in [-0.15, -0.1) is 0 Å². The van der Waals surface area contributed by atoms with Crippen LogP contribution in [0.4, 0.5) is 4.39 Å². The predicted molar refractivity (Wildman–Crippen MR) is 78.4 cm³/mol. The molecule has 3 aliphatic carbocycles. The van der Waals surface area contributed by atoms with E-state index >= 15 is 0 Å². The van der Waals surface area contributed by atoms with Crippen LogP contribution in [0.2, 0.25) is 0 Å². The number of carboxylic acids is 1. The Balaban J connectivity index is 2.01. The summed E-state index contributed by atoms with van der Waals surface area (Å²) in [7, 11) is 0. The molecule has 2 N–H and O–H groups in total. The second-order valence-electron chi connectivity index (χ2n) is 5.37. The van der Waals surface area contributed by atoms with E-state index in [2.05, 4.69) is 9.97 Å². The third-order valence-corrected chi connectivity index (χ3v) is 5.09. The lowest BCUT2D eigenvalue weighted by molar-refractivity contribution is 0.0684. The van der Waals surface area contributed by atoms with Crippen LogP contribution >= 0.6 is 22.6 Å². The first kappa shape index (κ1) is 12.3. The molecule has 0 saturated heterocycles. The van der Waals surface area contributed by atoms with Crippen molar-refractivity contribution in [1.82, 2.24) is 9.97 Å². The third kappa shape index (κ3) is 1.57. The van der Waals surface area contributed by atoms with Crippen LogP contribution in [0.5, 0.6) is 0 Å². The van der Waals surface area contributed by atoms with Gasteiger partial charge in [-0.3, -0.25) is 0 Å². The van der Waals surface area contributed by atoms with Gasteiger partial charge in [-0.05, 0) is 59.0 Å². The van der Waals surface area contributed by atoms with Gasteiger partial charge in [-0.1, -0.05) is 0 Å². The number of rotatable bonds is 1. The number of imidazole rings is 1. The van der Waals surface area contributed by atoms with Crippen molar-refractivity contribution in [3.8, 4) is 11.3 Å². The highest BCUT2D eigenvalue weighted by molar-refractivity contribution is 14.1. The molecule has 0 spiro atoms. The Bertz CT molecular complexity index is 750. The number of aromatic amines is 1. The fourth-order valence-electron chi connectivity index (χ4n) is 3.20. The first-order chi connectivity index (χ1) is 9.54. The van der Waals surface area contributed by atoms with Crippen molar-refractivity contribution in [3.05, 3.63) is 38.6 Å². The van der Waals surface area contributed by atoms with Gasteiger partial charge in [0.25, 0.3) is 0 Å². The first-order valence-electron chi connectivity index (χ1n) is 6.37. The molecule has 0 amide bonds. The molecule has 6 heteroatoms. The number of nitrogens with zero attached hydrogens (tertiary/aromatic N) is 1. The summed E-state index contributed by atoms with van der Waals surface area (Å²) in [5.74, 6) is -0.649. The molecule has 0 aliphatic heterocycles. The summed E-state index contributed by atoms with van der Waals surface area (Å²) < 4.78 is 14.3. The lowest BCUT2D eigenvalue weighted by Gasteiger charge is -2.33. The topological polar surface area (TPSA) is 66.0 Å². The van der Waals surface area contributed by atoms with E-state index in [-0.39, 0.29) is 11.6 Å². The zero-order chi connectivity index (χ0) is 14.0. The lowest BCUT2D eigenvalue weighted by atomic mass is 9.72.